The van der Waals surface area contributed by atoms with Crippen molar-refractivity contribution in [2.24, 2.45) is 5.16 Å². The number of carbonyl (C=O) groups is 2. The zero-order valence-corrected chi connectivity index (χ0v) is 21.1. The van der Waals surface area contributed by atoms with Crippen LogP contribution in [0.5, 0.6) is 5.75 Å². The average Bonchev–Trinajstić information content (AvgIpc) is 2.92. The number of carbonyl (C=O) groups excluding carboxylic acids is 2. The Kier molecular flexibility index (Phi) is 9.52. The molecular weight excluding hydrogens is 468 g/mol. The number of oxime groups is 1. The number of phenols is 1. The Balaban J connectivity index is 1.40. The van der Waals surface area contributed by atoms with Gasteiger partial charge in [-0.3, -0.25) is 4.79 Å². The lowest BCUT2D eigenvalue weighted by atomic mass is 9.89. The largest absolute Gasteiger partial charge is 0.508 e. The number of benzene rings is 2. The molecule has 0 atom stereocenters. The summed E-state index contributed by atoms with van der Waals surface area (Å²) in [5.41, 5.74) is 2.83. The zero-order chi connectivity index (χ0) is 25.9. The minimum atomic E-state index is -0.446. The van der Waals surface area contributed by atoms with Gasteiger partial charge in [0.15, 0.2) is 6.61 Å². The second-order valence-corrected chi connectivity index (χ2v) is 9.32. The van der Waals surface area contributed by atoms with E-state index in [-0.39, 0.29) is 24.7 Å². The van der Waals surface area contributed by atoms with E-state index in [1.54, 1.807) is 6.07 Å². The van der Waals surface area contributed by atoms with E-state index in [9.17, 15) is 14.7 Å². The second-order valence-electron chi connectivity index (χ2n) is 9.32. The highest BCUT2D eigenvalue weighted by Gasteiger charge is 2.24. The number of piperidine rings is 1. The maximum Gasteiger partial charge on any atom is 0.338 e. The molecule has 7 nitrogen and oxygen atoms in total. The summed E-state index contributed by atoms with van der Waals surface area (Å²) < 4.78 is 5.39. The number of cyclic esters (lactones) is 1. The third-order valence-corrected chi connectivity index (χ3v) is 6.66. The summed E-state index contributed by atoms with van der Waals surface area (Å²) in [5, 5.41) is 14.3. The first kappa shape index (κ1) is 26.2. The van der Waals surface area contributed by atoms with Crippen molar-refractivity contribution in [2.45, 2.75) is 44.4 Å². The van der Waals surface area contributed by atoms with E-state index >= 15 is 0 Å². The highest BCUT2D eigenvalue weighted by molar-refractivity contribution is 5.99. The molecule has 0 aliphatic carbocycles. The number of ether oxygens (including phenoxy) is 1. The number of amides is 1. The van der Waals surface area contributed by atoms with Crippen molar-refractivity contribution in [3.05, 3.63) is 89.5 Å². The molecule has 2 aromatic rings. The highest BCUT2D eigenvalue weighted by Crippen LogP contribution is 2.27. The molecule has 1 saturated heterocycles. The Morgan fingerprint density at radius 3 is 2.59 bits per heavy atom. The fourth-order valence-electron chi connectivity index (χ4n) is 4.64. The van der Waals surface area contributed by atoms with Gasteiger partial charge in [0.25, 0.3) is 5.91 Å². The number of nitrogens with zero attached hydrogens (tertiary/aromatic N) is 2. The zero-order valence-electron chi connectivity index (χ0n) is 21.1. The molecule has 0 aromatic heterocycles. The third kappa shape index (κ3) is 7.81. The fraction of sp³-hybridized carbons (Fsp3) is 0.367. The maximum absolute atomic E-state index is 12.8. The normalized spacial score (nSPS) is 20.4. The molecule has 0 radical (unpaired) electrons. The van der Waals surface area contributed by atoms with Gasteiger partial charge in [-0.2, -0.15) is 0 Å². The van der Waals surface area contributed by atoms with Gasteiger partial charge < -0.3 is 19.6 Å². The molecule has 2 aliphatic heterocycles. The van der Waals surface area contributed by atoms with Gasteiger partial charge in [-0.15, -0.1) is 0 Å². The maximum atomic E-state index is 12.8. The van der Waals surface area contributed by atoms with Crippen LogP contribution in [0.4, 0.5) is 0 Å². The topological polar surface area (TPSA) is 88.4 Å². The van der Waals surface area contributed by atoms with Crippen molar-refractivity contribution in [2.75, 3.05) is 26.3 Å². The number of aromatic hydroxyl groups is 1. The van der Waals surface area contributed by atoms with Crippen molar-refractivity contribution in [3.63, 3.8) is 0 Å². The number of allylic oxidation sites excluding steroid dienone is 3. The van der Waals surface area contributed by atoms with Gasteiger partial charge in [-0.05, 0) is 73.4 Å². The van der Waals surface area contributed by atoms with Crippen LogP contribution in [0.2, 0.25) is 0 Å². The van der Waals surface area contributed by atoms with E-state index in [0.717, 1.165) is 25.7 Å². The fourth-order valence-corrected chi connectivity index (χ4v) is 4.64. The summed E-state index contributed by atoms with van der Waals surface area (Å²) >= 11 is 0. The number of hydrogen-bond donors (Lipinski definition) is 1. The molecule has 194 valence electrons. The van der Waals surface area contributed by atoms with E-state index < -0.39 is 5.97 Å². The highest BCUT2D eigenvalue weighted by atomic mass is 16.6. The van der Waals surface area contributed by atoms with Crippen LogP contribution in [0.1, 0.15) is 59.5 Å². The minimum absolute atomic E-state index is 0.0499. The quantitative estimate of drug-likeness (QED) is 0.354. The molecule has 1 N–H and O–H groups in total. The van der Waals surface area contributed by atoms with Crippen molar-refractivity contribution in [1.82, 2.24) is 4.90 Å². The molecule has 7 heteroatoms. The molecule has 4 rings (SSSR count). The van der Waals surface area contributed by atoms with E-state index in [1.165, 1.54) is 17.7 Å². The Hall–Kier alpha value is -3.87. The Morgan fingerprint density at radius 2 is 1.78 bits per heavy atom. The van der Waals surface area contributed by atoms with Gasteiger partial charge in [0.05, 0.1) is 17.9 Å². The first-order valence-corrected chi connectivity index (χ1v) is 12.9. The monoisotopic (exact) mass is 502 g/mol. The van der Waals surface area contributed by atoms with Crippen molar-refractivity contribution in [1.29, 1.82) is 0 Å². The molecular formula is C30H34N2O5. The lowest BCUT2D eigenvalue weighted by Crippen LogP contribution is -2.39. The molecule has 0 spiro atoms. The van der Waals surface area contributed by atoms with Crippen LogP contribution in [0.25, 0.3) is 0 Å². The SMILES string of the molecule is O=C1OCC/C=C/CC/C=C/C(=N\OCC(=O)N2CCC(c3ccccc3)CC2)Cc2cc(O)ccc21. The number of esters is 1. The molecule has 0 unspecified atom stereocenters. The van der Waals surface area contributed by atoms with Crippen LogP contribution in [-0.4, -0.2) is 53.9 Å². The molecule has 1 amide bonds. The van der Waals surface area contributed by atoms with Crippen LogP contribution < -0.4 is 0 Å². The van der Waals surface area contributed by atoms with Gasteiger partial charge >= 0.3 is 5.97 Å². The van der Waals surface area contributed by atoms with Gasteiger partial charge in [0.1, 0.15) is 5.75 Å². The summed E-state index contributed by atoms with van der Waals surface area (Å²) in [6, 6.07) is 15.0. The molecule has 0 saturated carbocycles. The van der Waals surface area contributed by atoms with Gasteiger partial charge in [-0.25, -0.2) is 4.79 Å². The van der Waals surface area contributed by atoms with Crippen LogP contribution in [-0.2, 0) is 20.8 Å². The lowest BCUT2D eigenvalue weighted by Gasteiger charge is -2.32. The molecule has 1 fully saturated rings. The van der Waals surface area contributed by atoms with E-state index in [4.69, 9.17) is 9.57 Å². The predicted molar refractivity (Wildman–Crippen MR) is 143 cm³/mol. The molecule has 0 bridgehead atoms. The van der Waals surface area contributed by atoms with E-state index in [0.29, 0.717) is 48.9 Å². The Labute approximate surface area is 218 Å². The predicted octanol–water partition coefficient (Wildman–Crippen LogP) is 5.17. The smallest absolute Gasteiger partial charge is 0.338 e. The van der Waals surface area contributed by atoms with Crippen LogP contribution in [0.3, 0.4) is 0 Å². The Bertz CT molecular complexity index is 1150. The van der Waals surface area contributed by atoms with Crippen LogP contribution in [0.15, 0.2) is 78.0 Å². The van der Waals surface area contributed by atoms with E-state index in [2.05, 4.69) is 35.5 Å². The number of likely N-dealkylation sites (tertiary alicyclic amines) is 1. The number of rotatable bonds is 4. The molecule has 2 aromatic carbocycles. The van der Waals surface area contributed by atoms with Crippen LogP contribution in [0, 0.1) is 0 Å². The van der Waals surface area contributed by atoms with Crippen LogP contribution >= 0.6 is 0 Å². The second kappa shape index (κ2) is 13.4. The average molecular weight is 503 g/mol. The number of hydrogen-bond acceptors (Lipinski definition) is 6. The van der Waals surface area contributed by atoms with Gasteiger partial charge in [0, 0.05) is 19.5 Å². The molecule has 2 heterocycles. The van der Waals surface area contributed by atoms with Crippen molar-refractivity contribution in [3.8, 4) is 5.75 Å². The van der Waals surface area contributed by atoms with Crippen molar-refractivity contribution < 1.29 is 24.3 Å². The summed E-state index contributed by atoms with van der Waals surface area (Å²) in [7, 11) is 0. The van der Waals surface area contributed by atoms with Gasteiger partial charge in [-0.1, -0.05) is 53.7 Å². The van der Waals surface area contributed by atoms with E-state index in [1.807, 2.05) is 29.2 Å². The third-order valence-electron chi connectivity index (χ3n) is 6.66. The van der Waals surface area contributed by atoms with Crippen molar-refractivity contribution >= 4 is 17.6 Å². The summed E-state index contributed by atoms with van der Waals surface area (Å²) in [6.45, 7) is 1.53. The minimum Gasteiger partial charge on any atom is -0.508 e. The molecule has 37 heavy (non-hydrogen) atoms. The first-order valence-electron chi connectivity index (χ1n) is 12.9. The summed E-state index contributed by atoms with van der Waals surface area (Å²) in [6.07, 6.45) is 12.3. The Morgan fingerprint density at radius 1 is 1.03 bits per heavy atom. The summed E-state index contributed by atoms with van der Waals surface area (Å²) in [4.78, 5) is 32.7. The summed E-state index contributed by atoms with van der Waals surface area (Å²) in [5.74, 6) is -0.0144. The van der Waals surface area contributed by atoms with Gasteiger partial charge in [0.2, 0.25) is 0 Å². The number of phenolic OH excluding ortho intramolecular Hbond substituents is 1. The molecule has 2 aliphatic rings. The standard InChI is InChI=1S/C30H34N2O5/c33-27-13-14-28-25(21-27)20-26(12-8-3-1-2-4-9-19-36-30(28)35)31-37-22-29(34)32-17-15-24(16-18-32)23-10-6-5-7-11-23/h2,4-8,10-14,21,24,33H,1,3,9,15-20,22H2/b4-2+,12-8+,31-26+. The first-order chi connectivity index (χ1) is 18.1. The number of fused-ring (bicyclic) bond motifs is 1. The lowest BCUT2D eigenvalue weighted by molar-refractivity contribution is -0.137.